The Kier molecular flexibility index (Phi) is 6.98. The zero-order valence-corrected chi connectivity index (χ0v) is 16.9. The summed E-state index contributed by atoms with van der Waals surface area (Å²) in [6.07, 6.45) is 0. The highest BCUT2D eigenvalue weighted by atomic mass is 32.2. The van der Waals surface area contributed by atoms with E-state index in [2.05, 4.69) is 4.72 Å². The van der Waals surface area contributed by atoms with Gasteiger partial charge in [-0.25, -0.2) is 8.42 Å². The summed E-state index contributed by atoms with van der Waals surface area (Å²) in [6, 6.07) is 12.7. The maximum atomic E-state index is 13.1. The van der Waals surface area contributed by atoms with Crippen LogP contribution in [0.5, 0.6) is 5.75 Å². The van der Waals surface area contributed by atoms with Crippen LogP contribution in [0.25, 0.3) is 0 Å². The van der Waals surface area contributed by atoms with Crippen molar-refractivity contribution in [1.29, 1.82) is 0 Å². The van der Waals surface area contributed by atoms with Crippen molar-refractivity contribution < 1.29 is 17.9 Å². The molecule has 0 aliphatic carbocycles. The normalized spacial score (nSPS) is 12.4. The van der Waals surface area contributed by atoms with Crippen LogP contribution in [0, 0.1) is 6.92 Å². The molecule has 0 bridgehead atoms. The first-order valence-electron chi connectivity index (χ1n) is 8.84. The molecule has 0 unspecified atom stereocenters. The third-order valence-corrected chi connectivity index (χ3v) is 5.78. The van der Waals surface area contributed by atoms with Crippen LogP contribution in [0.15, 0.2) is 53.4 Å². The third-order valence-electron chi connectivity index (χ3n) is 4.34. The number of methoxy groups -OCH3 is 1. The zero-order chi connectivity index (χ0) is 20.0. The van der Waals surface area contributed by atoms with E-state index in [0.29, 0.717) is 18.7 Å². The van der Waals surface area contributed by atoms with Gasteiger partial charge in [-0.1, -0.05) is 36.4 Å². The van der Waals surface area contributed by atoms with Crippen LogP contribution >= 0.6 is 0 Å². The molecule has 0 aliphatic rings. The zero-order valence-electron chi connectivity index (χ0n) is 16.1. The number of rotatable bonds is 8. The first-order valence-corrected chi connectivity index (χ1v) is 10.3. The molecular weight excluding hydrogens is 364 g/mol. The third kappa shape index (κ3) is 4.87. The van der Waals surface area contributed by atoms with Gasteiger partial charge < -0.3 is 9.64 Å². The highest BCUT2D eigenvalue weighted by Crippen LogP contribution is 2.27. The second-order valence-electron chi connectivity index (χ2n) is 6.13. The van der Waals surface area contributed by atoms with Crippen LogP contribution in [0.3, 0.4) is 0 Å². The first-order chi connectivity index (χ1) is 12.8. The molecule has 1 N–H and O–H groups in total. The van der Waals surface area contributed by atoms with Crippen molar-refractivity contribution in [2.24, 2.45) is 0 Å². The van der Waals surface area contributed by atoms with Crippen LogP contribution in [0.1, 0.15) is 31.0 Å². The summed E-state index contributed by atoms with van der Waals surface area (Å²) in [4.78, 5) is 14.6. The highest BCUT2D eigenvalue weighted by Gasteiger charge is 2.31. The SMILES string of the molecule is CCN(CC)C(=O)[C@@H](NS(=O)(=O)c1cc(C)ccc1OC)c1ccccc1. The van der Waals surface area contributed by atoms with Crippen molar-refractivity contribution in [3.63, 3.8) is 0 Å². The predicted molar refractivity (Wildman–Crippen MR) is 105 cm³/mol. The van der Waals surface area contributed by atoms with Gasteiger partial charge in [-0.05, 0) is 44.0 Å². The van der Waals surface area contributed by atoms with Crippen LogP contribution in [-0.2, 0) is 14.8 Å². The Morgan fingerprint density at radius 2 is 1.74 bits per heavy atom. The molecule has 2 aromatic rings. The Labute approximate surface area is 161 Å². The number of hydrogen-bond donors (Lipinski definition) is 1. The molecule has 0 aliphatic heterocycles. The fourth-order valence-electron chi connectivity index (χ4n) is 2.84. The minimum Gasteiger partial charge on any atom is -0.495 e. The van der Waals surface area contributed by atoms with Gasteiger partial charge in [0.15, 0.2) is 0 Å². The second-order valence-corrected chi connectivity index (χ2v) is 7.81. The van der Waals surface area contributed by atoms with Gasteiger partial charge in [0.25, 0.3) is 0 Å². The summed E-state index contributed by atoms with van der Waals surface area (Å²) in [6.45, 7) is 6.51. The average Bonchev–Trinajstić information content (AvgIpc) is 2.67. The molecule has 0 aromatic heterocycles. The minimum absolute atomic E-state index is 0.0123. The fourth-order valence-corrected chi connectivity index (χ4v) is 4.27. The molecule has 6 nitrogen and oxygen atoms in total. The molecule has 7 heteroatoms. The molecule has 1 amide bonds. The van der Waals surface area contributed by atoms with Crippen molar-refractivity contribution in [2.45, 2.75) is 31.7 Å². The Morgan fingerprint density at radius 1 is 1.11 bits per heavy atom. The molecule has 0 saturated heterocycles. The molecule has 0 heterocycles. The van der Waals surface area contributed by atoms with Gasteiger partial charge in [0.1, 0.15) is 16.7 Å². The molecule has 2 rings (SSSR count). The Bertz CT molecular complexity index is 878. The van der Waals surface area contributed by atoms with Gasteiger partial charge in [0, 0.05) is 13.1 Å². The summed E-state index contributed by atoms with van der Waals surface area (Å²) < 4.78 is 34.0. The lowest BCUT2D eigenvalue weighted by atomic mass is 10.1. The number of aryl methyl sites for hydroxylation is 1. The van der Waals surface area contributed by atoms with E-state index in [4.69, 9.17) is 4.74 Å². The number of carbonyl (C=O) groups is 1. The van der Waals surface area contributed by atoms with Crippen molar-refractivity contribution in [3.05, 3.63) is 59.7 Å². The second kappa shape index (κ2) is 9.01. The number of hydrogen-bond acceptors (Lipinski definition) is 4. The van der Waals surface area contributed by atoms with Gasteiger partial charge in [-0.3, -0.25) is 4.79 Å². The van der Waals surface area contributed by atoms with Crippen molar-refractivity contribution in [2.75, 3.05) is 20.2 Å². The number of sulfonamides is 1. The summed E-state index contributed by atoms with van der Waals surface area (Å²) in [5, 5.41) is 0. The van der Waals surface area contributed by atoms with E-state index < -0.39 is 16.1 Å². The van der Waals surface area contributed by atoms with E-state index in [1.807, 2.05) is 19.9 Å². The number of likely N-dealkylation sites (N-methyl/N-ethyl adjacent to an activating group) is 1. The summed E-state index contributed by atoms with van der Waals surface area (Å²) in [5.74, 6) is -0.0587. The number of nitrogens with zero attached hydrogens (tertiary/aromatic N) is 1. The lowest BCUT2D eigenvalue weighted by Crippen LogP contribution is -2.42. The smallest absolute Gasteiger partial charge is 0.245 e. The van der Waals surface area contributed by atoms with Crippen LogP contribution in [0.4, 0.5) is 0 Å². The summed E-state index contributed by atoms with van der Waals surface area (Å²) in [5.41, 5.74) is 1.37. The van der Waals surface area contributed by atoms with E-state index in [0.717, 1.165) is 5.56 Å². The monoisotopic (exact) mass is 390 g/mol. The van der Waals surface area contributed by atoms with Crippen LogP contribution in [-0.4, -0.2) is 39.4 Å². The van der Waals surface area contributed by atoms with Gasteiger partial charge >= 0.3 is 0 Å². The summed E-state index contributed by atoms with van der Waals surface area (Å²) in [7, 11) is -2.57. The molecule has 1 atom stereocenters. The molecule has 0 fully saturated rings. The minimum atomic E-state index is -3.99. The maximum absolute atomic E-state index is 13.1. The lowest BCUT2D eigenvalue weighted by Gasteiger charge is -2.26. The molecule has 0 spiro atoms. The van der Waals surface area contributed by atoms with E-state index in [9.17, 15) is 13.2 Å². The first kappa shape index (κ1) is 20.9. The number of benzene rings is 2. The largest absolute Gasteiger partial charge is 0.495 e. The van der Waals surface area contributed by atoms with Gasteiger partial charge in [0.05, 0.1) is 7.11 Å². The van der Waals surface area contributed by atoms with Gasteiger partial charge in [-0.15, -0.1) is 0 Å². The number of ether oxygens (including phenoxy) is 1. The quantitative estimate of drug-likeness (QED) is 0.752. The predicted octanol–water partition coefficient (Wildman–Crippen LogP) is 2.89. The van der Waals surface area contributed by atoms with E-state index in [1.54, 1.807) is 48.2 Å². The number of amides is 1. The molecule has 0 radical (unpaired) electrons. The van der Waals surface area contributed by atoms with E-state index in [1.165, 1.54) is 13.2 Å². The molecule has 146 valence electrons. The number of nitrogens with one attached hydrogen (secondary N) is 1. The lowest BCUT2D eigenvalue weighted by molar-refractivity contribution is -0.132. The van der Waals surface area contributed by atoms with Gasteiger partial charge in [-0.2, -0.15) is 4.72 Å². The van der Waals surface area contributed by atoms with Crippen molar-refractivity contribution in [3.8, 4) is 5.75 Å². The Balaban J connectivity index is 2.49. The molecule has 0 saturated carbocycles. The van der Waals surface area contributed by atoms with Crippen molar-refractivity contribution >= 4 is 15.9 Å². The Morgan fingerprint density at radius 3 is 2.30 bits per heavy atom. The molecule has 2 aromatic carbocycles. The van der Waals surface area contributed by atoms with Crippen LogP contribution < -0.4 is 9.46 Å². The summed E-state index contributed by atoms with van der Waals surface area (Å²) >= 11 is 0. The standard InChI is InChI=1S/C20H26N2O4S/c1-5-22(6-2)20(23)19(16-10-8-7-9-11-16)21-27(24,25)18-14-15(3)12-13-17(18)26-4/h7-14,19,21H,5-6H2,1-4H3/t19-/m0/s1. The topological polar surface area (TPSA) is 75.7 Å². The van der Waals surface area contributed by atoms with E-state index >= 15 is 0 Å². The van der Waals surface area contributed by atoms with E-state index in [-0.39, 0.29) is 16.6 Å². The fraction of sp³-hybridized carbons (Fsp3) is 0.350. The molecular formula is C20H26N2O4S. The van der Waals surface area contributed by atoms with Crippen LogP contribution in [0.2, 0.25) is 0 Å². The molecule has 27 heavy (non-hydrogen) atoms. The average molecular weight is 391 g/mol. The van der Waals surface area contributed by atoms with Gasteiger partial charge in [0.2, 0.25) is 15.9 Å². The highest BCUT2D eigenvalue weighted by molar-refractivity contribution is 7.89. The number of carbonyl (C=O) groups excluding carboxylic acids is 1. The maximum Gasteiger partial charge on any atom is 0.245 e. The Hall–Kier alpha value is -2.38. The van der Waals surface area contributed by atoms with Crippen molar-refractivity contribution in [1.82, 2.24) is 9.62 Å².